The molecule has 0 aromatic carbocycles. The van der Waals surface area contributed by atoms with Gasteiger partial charge in [-0.3, -0.25) is 4.68 Å². The standard InChI is InChI=1S/C6H12N4.C2H6/c1-2-7-3-4-10-6-8-5-9-10;1-2/h5-7H,2-4H2,1H3;1-2H3. The molecule has 1 aromatic heterocycles. The predicted octanol–water partition coefficient (Wildman–Crippen LogP) is 0.914. The van der Waals surface area contributed by atoms with Crippen LogP contribution in [0, 0.1) is 0 Å². The van der Waals surface area contributed by atoms with E-state index in [1.807, 2.05) is 18.5 Å². The van der Waals surface area contributed by atoms with Crippen molar-refractivity contribution in [1.82, 2.24) is 20.1 Å². The van der Waals surface area contributed by atoms with E-state index in [0.717, 1.165) is 19.6 Å². The third-order valence-corrected chi connectivity index (χ3v) is 1.23. The maximum absolute atomic E-state index is 3.95. The summed E-state index contributed by atoms with van der Waals surface area (Å²) in [7, 11) is 0. The van der Waals surface area contributed by atoms with Gasteiger partial charge in [-0.2, -0.15) is 5.10 Å². The van der Waals surface area contributed by atoms with E-state index >= 15 is 0 Å². The summed E-state index contributed by atoms with van der Waals surface area (Å²) in [5.41, 5.74) is 0. The van der Waals surface area contributed by atoms with E-state index in [4.69, 9.17) is 0 Å². The first kappa shape index (κ1) is 11.1. The highest BCUT2D eigenvalue weighted by molar-refractivity contribution is 4.56. The maximum atomic E-state index is 3.95. The topological polar surface area (TPSA) is 42.7 Å². The zero-order valence-electron chi connectivity index (χ0n) is 8.12. The molecule has 1 rings (SSSR count). The molecule has 4 heteroatoms. The lowest BCUT2D eigenvalue weighted by atomic mass is 10.6. The number of nitrogens with zero attached hydrogens (tertiary/aromatic N) is 3. The third kappa shape index (κ3) is 4.85. The Kier molecular flexibility index (Phi) is 7.58. The average Bonchev–Trinajstić information content (AvgIpc) is 2.61. The SMILES string of the molecule is CC.CCNCCn1cncn1. The van der Waals surface area contributed by atoms with Gasteiger partial charge < -0.3 is 5.32 Å². The summed E-state index contributed by atoms with van der Waals surface area (Å²) >= 11 is 0. The van der Waals surface area contributed by atoms with Gasteiger partial charge in [0, 0.05) is 6.54 Å². The molecule has 0 saturated heterocycles. The number of nitrogens with one attached hydrogen (secondary N) is 1. The molecule has 0 saturated carbocycles. The molecule has 0 amide bonds. The van der Waals surface area contributed by atoms with Gasteiger partial charge in [-0.05, 0) is 6.54 Å². The zero-order chi connectivity index (χ0) is 9.23. The van der Waals surface area contributed by atoms with Crippen LogP contribution in [0.4, 0.5) is 0 Å². The fraction of sp³-hybridized carbons (Fsp3) is 0.750. The van der Waals surface area contributed by atoms with E-state index in [-0.39, 0.29) is 0 Å². The Morgan fingerprint density at radius 2 is 2.17 bits per heavy atom. The van der Waals surface area contributed by atoms with Crippen molar-refractivity contribution in [3.8, 4) is 0 Å². The van der Waals surface area contributed by atoms with Crippen LogP contribution in [-0.4, -0.2) is 27.9 Å². The molecule has 0 aliphatic carbocycles. The van der Waals surface area contributed by atoms with Gasteiger partial charge in [-0.1, -0.05) is 20.8 Å². The quantitative estimate of drug-likeness (QED) is 0.683. The second kappa shape index (κ2) is 8.20. The van der Waals surface area contributed by atoms with Gasteiger partial charge in [-0.25, -0.2) is 4.98 Å². The molecule has 0 fully saturated rings. The third-order valence-electron chi connectivity index (χ3n) is 1.23. The number of likely N-dealkylation sites (N-methyl/N-ethyl adjacent to an activating group) is 1. The van der Waals surface area contributed by atoms with Gasteiger partial charge >= 0.3 is 0 Å². The first-order valence-electron chi connectivity index (χ1n) is 4.46. The van der Waals surface area contributed by atoms with Crippen molar-refractivity contribution in [2.45, 2.75) is 27.3 Å². The molecule has 70 valence electrons. The van der Waals surface area contributed by atoms with E-state index in [1.165, 1.54) is 0 Å². The van der Waals surface area contributed by atoms with Crippen molar-refractivity contribution in [3.05, 3.63) is 12.7 Å². The summed E-state index contributed by atoms with van der Waals surface area (Å²) in [4.78, 5) is 3.82. The van der Waals surface area contributed by atoms with E-state index < -0.39 is 0 Å². The van der Waals surface area contributed by atoms with Crippen molar-refractivity contribution < 1.29 is 0 Å². The lowest BCUT2D eigenvalue weighted by molar-refractivity contribution is 0.564. The van der Waals surface area contributed by atoms with Crippen LogP contribution < -0.4 is 5.32 Å². The summed E-state index contributed by atoms with van der Waals surface area (Å²) in [5.74, 6) is 0. The molecule has 1 heterocycles. The minimum absolute atomic E-state index is 0.897. The highest BCUT2D eigenvalue weighted by Crippen LogP contribution is 1.76. The molecule has 0 radical (unpaired) electrons. The maximum Gasteiger partial charge on any atom is 0.137 e. The molecule has 1 N–H and O–H groups in total. The van der Waals surface area contributed by atoms with Gasteiger partial charge in [0.1, 0.15) is 12.7 Å². The van der Waals surface area contributed by atoms with Crippen molar-refractivity contribution in [2.24, 2.45) is 0 Å². The average molecular weight is 170 g/mol. The van der Waals surface area contributed by atoms with E-state index in [9.17, 15) is 0 Å². The molecule has 0 unspecified atom stereocenters. The van der Waals surface area contributed by atoms with Crippen molar-refractivity contribution >= 4 is 0 Å². The van der Waals surface area contributed by atoms with Crippen molar-refractivity contribution in [1.29, 1.82) is 0 Å². The molecule has 0 aliphatic heterocycles. The number of hydrogen-bond acceptors (Lipinski definition) is 3. The second-order valence-corrected chi connectivity index (χ2v) is 2.01. The Bertz CT molecular complexity index is 160. The summed E-state index contributed by atoms with van der Waals surface area (Å²) in [6, 6.07) is 0. The summed E-state index contributed by atoms with van der Waals surface area (Å²) in [5, 5.41) is 7.15. The number of aromatic nitrogens is 3. The Morgan fingerprint density at radius 1 is 1.42 bits per heavy atom. The fourth-order valence-corrected chi connectivity index (χ4v) is 0.719. The van der Waals surface area contributed by atoms with Gasteiger partial charge in [0.2, 0.25) is 0 Å². The van der Waals surface area contributed by atoms with Gasteiger partial charge in [0.05, 0.1) is 6.54 Å². The first-order valence-corrected chi connectivity index (χ1v) is 4.46. The largest absolute Gasteiger partial charge is 0.315 e. The number of hydrogen-bond donors (Lipinski definition) is 1. The molecule has 0 bridgehead atoms. The summed E-state index contributed by atoms with van der Waals surface area (Å²) in [6.45, 7) is 8.95. The summed E-state index contributed by atoms with van der Waals surface area (Å²) < 4.78 is 1.81. The van der Waals surface area contributed by atoms with Gasteiger partial charge in [0.15, 0.2) is 0 Å². The van der Waals surface area contributed by atoms with Crippen LogP contribution in [0.5, 0.6) is 0 Å². The van der Waals surface area contributed by atoms with Crippen molar-refractivity contribution in [2.75, 3.05) is 13.1 Å². The van der Waals surface area contributed by atoms with Crippen LogP contribution in [0.25, 0.3) is 0 Å². The highest BCUT2D eigenvalue weighted by Gasteiger charge is 1.87. The molecule has 1 aromatic rings. The van der Waals surface area contributed by atoms with Crippen LogP contribution in [0.15, 0.2) is 12.7 Å². The molecular formula is C8H18N4. The Labute approximate surface area is 74.0 Å². The molecule has 4 nitrogen and oxygen atoms in total. The van der Waals surface area contributed by atoms with Crippen LogP contribution in [0.3, 0.4) is 0 Å². The lowest BCUT2D eigenvalue weighted by Gasteiger charge is -1.99. The minimum atomic E-state index is 0.897. The zero-order valence-corrected chi connectivity index (χ0v) is 8.12. The number of rotatable bonds is 4. The Hall–Kier alpha value is -0.900. The van der Waals surface area contributed by atoms with Crippen LogP contribution >= 0.6 is 0 Å². The Balaban J connectivity index is 0.000000561. The normalized spacial score (nSPS) is 8.92. The van der Waals surface area contributed by atoms with Crippen LogP contribution in [-0.2, 0) is 6.54 Å². The molecule has 0 aliphatic rings. The van der Waals surface area contributed by atoms with Crippen LogP contribution in [0.1, 0.15) is 20.8 Å². The van der Waals surface area contributed by atoms with E-state index in [2.05, 4.69) is 22.3 Å². The highest BCUT2D eigenvalue weighted by atomic mass is 15.3. The lowest BCUT2D eigenvalue weighted by Crippen LogP contribution is -2.19. The van der Waals surface area contributed by atoms with E-state index in [0.29, 0.717) is 0 Å². The van der Waals surface area contributed by atoms with Gasteiger partial charge in [-0.15, -0.1) is 0 Å². The van der Waals surface area contributed by atoms with Crippen LogP contribution in [0.2, 0.25) is 0 Å². The molecule has 0 atom stereocenters. The Morgan fingerprint density at radius 3 is 2.67 bits per heavy atom. The first-order chi connectivity index (χ1) is 5.93. The van der Waals surface area contributed by atoms with E-state index in [1.54, 1.807) is 12.7 Å². The minimum Gasteiger partial charge on any atom is -0.315 e. The predicted molar refractivity (Wildman–Crippen MR) is 49.9 cm³/mol. The fourth-order valence-electron chi connectivity index (χ4n) is 0.719. The molecule has 12 heavy (non-hydrogen) atoms. The molecule has 0 spiro atoms. The van der Waals surface area contributed by atoms with Gasteiger partial charge in [0.25, 0.3) is 0 Å². The molecular weight excluding hydrogens is 152 g/mol. The second-order valence-electron chi connectivity index (χ2n) is 2.01. The smallest absolute Gasteiger partial charge is 0.137 e. The summed E-state index contributed by atoms with van der Waals surface area (Å²) in [6.07, 6.45) is 3.27. The monoisotopic (exact) mass is 170 g/mol. The van der Waals surface area contributed by atoms with Crippen molar-refractivity contribution in [3.63, 3.8) is 0 Å².